The minimum atomic E-state index is -1.16. The van der Waals surface area contributed by atoms with Crippen LogP contribution in [0.3, 0.4) is 0 Å². The summed E-state index contributed by atoms with van der Waals surface area (Å²) in [4.78, 5) is 10.4. The second-order valence-electron chi connectivity index (χ2n) is 1.86. The second kappa shape index (κ2) is 5.29. The SMILES string of the molecule is C=C(F)COC(=O)OCC(=C)F. The minimum Gasteiger partial charge on any atom is -0.427 e. The summed E-state index contributed by atoms with van der Waals surface area (Å²) >= 11 is 0. The van der Waals surface area contributed by atoms with E-state index in [0.29, 0.717) is 0 Å². The van der Waals surface area contributed by atoms with E-state index in [1.54, 1.807) is 0 Å². The van der Waals surface area contributed by atoms with Crippen molar-refractivity contribution in [2.75, 3.05) is 13.2 Å². The van der Waals surface area contributed by atoms with Crippen LogP contribution in [-0.4, -0.2) is 19.4 Å². The molecule has 0 N–H and O–H groups in total. The zero-order valence-electron chi connectivity index (χ0n) is 6.31. The molecule has 0 saturated carbocycles. The molecule has 0 heterocycles. The first-order valence-electron chi connectivity index (χ1n) is 2.98. The van der Waals surface area contributed by atoms with Crippen molar-refractivity contribution in [3.63, 3.8) is 0 Å². The van der Waals surface area contributed by atoms with Crippen LogP contribution in [0.5, 0.6) is 0 Å². The highest BCUT2D eigenvalue weighted by atomic mass is 19.1. The number of ether oxygens (including phenoxy) is 2. The van der Waals surface area contributed by atoms with Gasteiger partial charge in [0.2, 0.25) is 0 Å². The molecule has 0 saturated heterocycles. The maximum atomic E-state index is 11.8. The highest BCUT2D eigenvalue weighted by Gasteiger charge is 2.04. The van der Waals surface area contributed by atoms with E-state index in [4.69, 9.17) is 0 Å². The Bertz CT molecular complexity index is 181. The number of carbonyl (C=O) groups excluding carboxylic acids is 1. The van der Waals surface area contributed by atoms with Crippen LogP contribution in [0.1, 0.15) is 0 Å². The Hall–Kier alpha value is -1.39. The van der Waals surface area contributed by atoms with Crippen LogP contribution in [-0.2, 0) is 9.47 Å². The summed E-state index contributed by atoms with van der Waals surface area (Å²) in [6.07, 6.45) is -1.16. The number of halogens is 2. The third kappa shape index (κ3) is 6.73. The molecule has 5 heteroatoms. The molecular weight excluding hydrogens is 170 g/mol. The van der Waals surface area contributed by atoms with Crippen molar-refractivity contribution in [2.45, 2.75) is 0 Å². The van der Waals surface area contributed by atoms with E-state index in [0.717, 1.165) is 0 Å². The monoisotopic (exact) mass is 178 g/mol. The van der Waals surface area contributed by atoms with E-state index < -0.39 is 31.0 Å². The molecule has 0 bridgehead atoms. The van der Waals surface area contributed by atoms with Gasteiger partial charge in [-0.05, 0) is 0 Å². The van der Waals surface area contributed by atoms with Gasteiger partial charge < -0.3 is 9.47 Å². The number of carbonyl (C=O) groups is 1. The molecule has 0 amide bonds. The molecule has 0 rings (SSSR count). The summed E-state index contributed by atoms with van der Waals surface area (Å²) in [5.41, 5.74) is 0. The van der Waals surface area contributed by atoms with Crippen LogP contribution in [0, 0.1) is 0 Å². The van der Waals surface area contributed by atoms with Crippen LogP contribution in [0.2, 0.25) is 0 Å². The fraction of sp³-hybridized carbons (Fsp3) is 0.286. The molecule has 0 unspecified atom stereocenters. The molecule has 0 spiro atoms. The average molecular weight is 178 g/mol. The lowest BCUT2D eigenvalue weighted by Gasteiger charge is -2.02. The highest BCUT2D eigenvalue weighted by Crippen LogP contribution is 1.97. The van der Waals surface area contributed by atoms with Crippen molar-refractivity contribution in [2.24, 2.45) is 0 Å². The van der Waals surface area contributed by atoms with Crippen LogP contribution in [0.15, 0.2) is 24.8 Å². The lowest BCUT2D eigenvalue weighted by Crippen LogP contribution is -2.09. The van der Waals surface area contributed by atoms with Crippen LogP contribution in [0.25, 0.3) is 0 Å². The van der Waals surface area contributed by atoms with Gasteiger partial charge in [-0.25, -0.2) is 13.6 Å². The molecular formula is C7H8F2O3. The van der Waals surface area contributed by atoms with Gasteiger partial charge in [0.05, 0.1) is 0 Å². The number of rotatable bonds is 4. The predicted molar refractivity (Wildman–Crippen MR) is 37.8 cm³/mol. The third-order valence-electron chi connectivity index (χ3n) is 0.693. The number of hydrogen-bond donors (Lipinski definition) is 0. The first-order chi connectivity index (χ1) is 5.52. The van der Waals surface area contributed by atoms with Crippen molar-refractivity contribution in [3.05, 3.63) is 24.8 Å². The quantitative estimate of drug-likeness (QED) is 0.618. The number of hydrogen-bond acceptors (Lipinski definition) is 3. The molecule has 0 aromatic carbocycles. The third-order valence-corrected chi connectivity index (χ3v) is 0.693. The molecule has 0 aromatic heterocycles. The Kier molecular flexibility index (Phi) is 4.67. The van der Waals surface area contributed by atoms with Gasteiger partial charge in [0.1, 0.15) is 24.9 Å². The van der Waals surface area contributed by atoms with E-state index in [-0.39, 0.29) is 0 Å². The molecule has 0 radical (unpaired) electrons. The first kappa shape index (κ1) is 10.6. The smallest absolute Gasteiger partial charge is 0.427 e. The zero-order valence-corrected chi connectivity index (χ0v) is 6.31. The average Bonchev–Trinajstić information content (AvgIpc) is 1.96. The fourth-order valence-electron chi connectivity index (χ4n) is 0.316. The Balaban J connectivity index is 3.47. The van der Waals surface area contributed by atoms with E-state index in [1.165, 1.54) is 0 Å². The maximum Gasteiger partial charge on any atom is 0.509 e. The normalized spacial score (nSPS) is 8.83. The molecule has 0 aliphatic heterocycles. The minimum absolute atomic E-state index is 0.586. The van der Waals surface area contributed by atoms with Gasteiger partial charge in [-0.1, -0.05) is 13.2 Å². The summed E-state index contributed by atoms with van der Waals surface area (Å²) in [6.45, 7) is 4.49. The highest BCUT2D eigenvalue weighted by molar-refractivity contribution is 5.60. The van der Waals surface area contributed by atoms with E-state index in [2.05, 4.69) is 22.6 Å². The van der Waals surface area contributed by atoms with Crippen molar-refractivity contribution in [1.82, 2.24) is 0 Å². The largest absolute Gasteiger partial charge is 0.509 e. The van der Waals surface area contributed by atoms with Gasteiger partial charge in [0, 0.05) is 0 Å². The topological polar surface area (TPSA) is 35.5 Å². The standard InChI is InChI=1S/C7H8F2O3/c1-5(8)3-11-7(10)12-4-6(2)9/h1-4H2. The predicted octanol–water partition coefficient (Wildman–Crippen LogP) is 2.11. The van der Waals surface area contributed by atoms with Gasteiger partial charge in [-0.2, -0.15) is 0 Å². The van der Waals surface area contributed by atoms with E-state index in [9.17, 15) is 13.6 Å². The Morgan fingerprint density at radius 1 is 1.08 bits per heavy atom. The van der Waals surface area contributed by atoms with E-state index in [1.807, 2.05) is 0 Å². The summed E-state index contributed by atoms with van der Waals surface area (Å²) in [6, 6.07) is 0. The Labute approximate surface area is 68.3 Å². The molecule has 12 heavy (non-hydrogen) atoms. The van der Waals surface area contributed by atoms with Crippen LogP contribution >= 0.6 is 0 Å². The van der Waals surface area contributed by atoms with Crippen molar-refractivity contribution < 1.29 is 23.0 Å². The second-order valence-corrected chi connectivity index (χ2v) is 1.86. The van der Waals surface area contributed by atoms with Crippen LogP contribution < -0.4 is 0 Å². The summed E-state index contributed by atoms with van der Waals surface area (Å²) in [5.74, 6) is -1.63. The van der Waals surface area contributed by atoms with Crippen molar-refractivity contribution >= 4 is 6.16 Å². The van der Waals surface area contributed by atoms with Crippen molar-refractivity contribution in [3.8, 4) is 0 Å². The van der Waals surface area contributed by atoms with Crippen LogP contribution in [0.4, 0.5) is 13.6 Å². The van der Waals surface area contributed by atoms with Gasteiger partial charge in [0.25, 0.3) is 0 Å². The molecule has 68 valence electrons. The summed E-state index contributed by atoms with van der Waals surface area (Å²) in [7, 11) is 0. The van der Waals surface area contributed by atoms with Gasteiger partial charge in [-0.3, -0.25) is 0 Å². The first-order valence-corrected chi connectivity index (χ1v) is 2.98. The Morgan fingerprint density at radius 2 is 1.42 bits per heavy atom. The summed E-state index contributed by atoms with van der Waals surface area (Å²) < 4.78 is 31.9. The zero-order chi connectivity index (χ0) is 9.56. The van der Waals surface area contributed by atoms with E-state index >= 15 is 0 Å². The molecule has 0 aliphatic carbocycles. The molecule has 3 nitrogen and oxygen atoms in total. The molecule has 0 aliphatic rings. The van der Waals surface area contributed by atoms with Gasteiger partial charge in [-0.15, -0.1) is 0 Å². The lowest BCUT2D eigenvalue weighted by atomic mass is 10.6. The molecule has 0 atom stereocenters. The van der Waals surface area contributed by atoms with Gasteiger partial charge in [0.15, 0.2) is 0 Å². The molecule has 0 fully saturated rings. The van der Waals surface area contributed by atoms with Crippen molar-refractivity contribution in [1.29, 1.82) is 0 Å². The molecule has 0 aromatic rings. The summed E-state index contributed by atoms with van der Waals surface area (Å²) in [5, 5.41) is 0. The fourth-order valence-corrected chi connectivity index (χ4v) is 0.316. The Morgan fingerprint density at radius 3 is 1.67 bits per heavy atom. The van der Waals surface area contributed by atoms with Gasteiger partial charge >= 0.3 is 6.16 Å². The lowest BCUT2D eigenvalue weighted by molar-refractivity contribution is 0.0613. The maximum absolute atomic E-state index is 11.8.